The number of piperazine rings is 1. The van der Waals surface area contributed by atoms with E-state index in [1.807, 2.05) is 6.07 Å². The van der Waals surface area contributed by atoms with Gasteiger partial charge in [-0.2, -0.15) is 0 Å². The summed E-state index contributed by atoms with van der Waals surface area (Å²) in [6.45, 7) is 4.14. The summed E-state index contributed by atoms with van der Waals surface area (Å²) in [7, 11) is -3.29. The van der Waals surface area contributed by atoms with Crippen LogP contribution in [-0.4, -0.2) is 62.0 Å². The van der Waals surface area contributed by atoms with E-state index < -0.39 is 10.0 Å². The molecule has 0 aliphatic carbocycles. The average Bonchev–Trinajstić information content (AvgIpc) is 2.67. The highest BCUT2D eigenvalue weighted by atomic mass is 35.5. The zero-order chi connectivity index (χ0) is 18.7. The molecular formula is C18H27ClFN3O3S. The second kappa shape index (κ2) is 9.32. The number of sulfonamides is 1. The molecule has 2 heterocycles. The summed E-state index contributed by atoms with van der Waals surface area (Å²) in [5.74, 6) is -0.637. The van der Waals surface area contributed by atoms with Gasteiger partial charge in [0.05, 0.1) is 17.7 Å². The first kappa shape index (κ1) is 22.1. The third-order valence-corrected chi connectivity index (χ3v) is 7.10. The molecule has 2 aliphatic rings. The standard InChI is InChI=1S/C18H26FN3O3S.ClH/c1-2-26(24,25)21-9-4-6-15(13-21)18(23)22-10-8-20-12-17(22)14-5-3-7-16(19)11-14;/h3,5,7,11,15,17,20H,2,4,6,8-10,12-13H2,1H3;1H. The molecule has 0 aromatic heterocycles. The molecule has 0 bridgehead atoms. The Balaban J connectivity index is 0.00000261. The van der Waals surface area contributed by atoms with Crippen molar-refractivity contribution in [2.75, 3.05) is 38.5 Å². The number of nitrogens with one attached hydrogen (secondary N) is 1. The fraction of sp³-hybridized carbons (Fsp3) is 0.611. The Morgan fingerprint density at radius 1 is 1.33 bits per heavy atom. The van der Waals surface area contributed by atoms with E-state index in [0.717, 1.165) is 5.56 Å². The molecule has 2 atom stereocenters. The fourth-order valence-corrected chi connectivity index (χ4v) is 4.97. The normalized spacial score (nSPS) is 24.3. The molecule has 2 saturated heterocycles. The molecule has 2 unspecified atom stereocenters. The van der Waals surface area contributed by atoms with Gasteiger partial charge in [0.1, 0.15) is 5.82 Å². The Morgan fingerprint density at radius 3 is 2.81 bits per heavy atom. The molecule has 2 aliphatic heterocycles. The van der Waals surface area contributed by atoms with Gasteiger partial charge in [-0.1, -0.05) is 12.1 Å². The van der Waals surface area contributed by atoms with Crippen molar-refractivity contribution in [2.45, 2.75) is 25.8 Å². The molecule has 1 amide bonds. The lowest BCUT2D eigenvalue weighted by Gasteiger charge is -2.40. The molecule has 6 nitrogen and oxygen atoms in total. The van der Waals surface area contributed by atoms with Gasteiger partial charge in [-0.05, 0) is 37.5 Å². The van der Waals surface area contributed by atoms with Crippen LogP contribution in [-0.2, 0) is 14.8 Å². The monoisotopic (exact) mass is 419 g/mol. The fourth-order valence-electron chi connectivity index (χ4n) is 3.79. The molecule has 152 valence electrons. The first-order chi connectivity index (χ1) is 12.4. The van der Waals surface area contributed by atoms with Crippen molar-refractivity contribution in [1.82, 2.24) is 14.5 Å². The summed E-state index contributed by atoms with van der Waals surface area (Å²) in [5, 5.41) is 3.26. The van der Waals surface area contributed by atoms with Crippen LogP contribution in [0.3, 0.4) is 0 Å². The summed E-state index contributed by atoms with van der Waals surface area (Å²) < 4.78 is 39.4. The van der Waals surface area contributed by atoms with Gasteiger partial charge in [-0.25, -0.2) is 17.1 Å². The van der Waals surface area contributed by atoms with Gasteiger partial charge in [0.15, 0.2) is 0 Å². The lowest BCUT2D eigenvalue weighted by Crippen LogP contribution is -2.53. The van der Waals surface area contributed by atoms with E-state index in [-0.39, 0.29) is 48.4 Å². The zero-order valence-electron chi connectivity index (χ0n) is 15.4. The third kappa shape index (κ3) is 4.99. The maximum absolute atomic E-state index is 13.6. The highest BCUT2D eigenvalue weighted by Gasteiger charge is 2.37. The highest BCUT2D eigenvalue weighted by Crippen LogP contribution is 2.28. The molecule has 3 rings (SSSR count). The smallest absolute Gasteiger partial charge is 0.227 e. The number of carbonyl (C=O) groups excluding carboxylic acids is 1. The Bertz CT molecular complexity index is 762. The Kier molecular flexibility index (Phi) is 7.62. The Morgan fingerprint density at radius 2 is 2.11 bits per heavy atom. The van der Waals surface area contributed by atoms with Crippen LogP contribution in [0.25, 0.3) is 0 Å². The number of hydrogen-bond acceptors (Lipinski definition) is 4. The van der Waals surface area contributed by atoms with Gasteiger partial charge in [0, 0.05) is 32.7 Å². The molecule has 1 aromatic carbocycles. The van der Waals surface area contributed by atoms with Crippen LogP contribution < -0.4 is 5.32 Å². The van der Waals surface area contributed by atoms with Crippen LogP contribution in [0.2, 0.25) is 0 Å². The third-order valence-electron chi connectivity index (χ3n) is 5.25. The quantitative estimate of drug-likeness (QED) is 0.807. The van der Waals surface area contributed by atoms with Gasteiger partial charge in [-0.3, -0.25) is 4.79 Å². The van der Waals surface area contributed by atoms with Gasteiger partial charge in [-0.15, -0.1) is 12.4 Å². The number of nitrogens with zero attached hydrogens (tertiary/aromatic N) is 2. The van der Waals surface area contributed by atoms with Crippen LogP contribution in [0, 0.1) is 11.7 Å². The van der Waals surface area contributed by atoms with Crippen LogP contribution in [0.15, 0.2) is 24.3 Å². The Hall–Kier alpha value is -1.22. The minimum Gasteiger partial charge on any atom is -0.333 e. The molecule has 1 aromatic rings. The summed E-state index contributed by atoms with van der Waals surface area (Å²) in [5.41, 5.74) is 0.763. The summed E-state index contributed by atoms with van der Waals surface area (Å²) in [4.78, 5) is 15.0. The first-order valence-electron chi connectivity index (χ1n) is 9.17. The van der Waals surface area contributed by atoms with Crippen LogP contribution in [0.5, 0.6) is 0 Å². The molecular weight excluding hydrogens is 393 g/mol. The molecule has 0 radical (unpaired) electrons. The summed E-state index contributed by atoms with van der Waals surface area (Å²) in [6, 6.07) is 6.10. The molecule has 2 fully saturated rings. The van der Waals surface area contributed by atoms with E-state index in [1.54, 1.807) is 17.9 Å². The van der Waals surface area contributed by atoms with Crippen LogP contribution in [0.4, 0.5) is 4.39 Å². The lowest BCUT2D eigenvalue weighted by molar-refractivity contribution is -0.140. The van der Waals surface area contributed by atoms with E-state index in [9.17, 15) is 17.6 Å². The number of piperidine rings is 1. The highest BCUT2D eigenvalue weighted by molar-refractivity contribution is 7.89. The van der Waals surface area contributed by atoms with E-state index in [2.05, 4.69) is 5.32 Å². The van der Waals surface area contributed by atoms with Gasteiger partial charge in [0.25, 0.3) is 0 Å². The topological polar surface area (TPSA) is 69.7 Å². The van der Waals surface area contributed by atoms with Crippen LogP contribution >= 0.6 is 12.4 Å². The minimum absolute atomic E-state index is 0. The van der Waals surface area contributed by atoms with Crippen molar-refractivity contribution >= 4 is 28.3 Å². The predicted molar refractivity (Wildman–Crippen MR) is 105 cm³/mol. The molecule has 0 spiro atoms. The first-order valence-corrected chi connectivity index (χ1v) is 10.8. The zero-order valence-corrected chi connectivity index (χ0v) is 17.1. The van der Waals surface area contributed by atoms with Gasteiger partial charge < -0.3 is 10.2 Å². The van der Waals surface area contributed by atoms with E-state index in [4.69, 9.17) is 0 Å². The molecule has 1 N–H and O–H groups in total. The number of rotatable bonds is 4. The summed E-state index contributed by atoms with van der Waals surface area (Å²) in [6.07, 6.45) is 1.38. The number of hydrogen-bond donors (Lipinski definition) is 1. The SMILES string of the molecule is CCS(=O)(=O)N1CCCC(C(=O)N2CCNCC2c2cccc(F)c2)C1.Cl. The van der Waals surface area contributed by atoms with Gasteiger partial charge in [0.2, 0.25) is 15.9 Å². The van der Waals surface area contributed by atoms with Crippen molar-refractivity contribution in [1.29, 1.82) is 0 Å². The second-order valence-corrected chi connectivity index (χ2v) is 9.16. The number of benzene rings is 1. The maximum atomic E-state index is 13.6. The second-order valence-electron chi connectivity index (χ2n) is 6.90. The van der Waals surface area contributed by atoms with E-state index in [0.29, 0.717) is 39.0 Å². The van der Waals surface area contributed by atoms with Crippen molar-refractivity contribution in [3.8, 4) is 0 Å². The van der Waals surface area contributed by atoms with E-state index in [1.165, 1.54) is 16.4 Å². The number of carbonyl (C=O) groups is 1. The largest absolute Gasteiger partial charge is 0.333 e. The molecule has 27 heavy (non-hydrogen) atoms. The lowest BCUT2D eigenvalue weighted by atomic mass is 9.95. The summed E-state index contributed by atoms with van der Waals surface area (Å²) >= 11 is 0. The minimum atomic E-state index is -3.29. The molecule has 0 saturated carbocycles. The Labute approximate surface area is 166 Å². The van der Waals surface area contributed by atoms with Crippen LogP contribution in [0.1, 0.15) is 31.4 Å². The maximum Gasteiger partial charge on any atom is 0.227 e. The molecule has 9 heteroatoms. The predicted octanol–water partition coefficient (Wildman–Crippen LogP) is 1.78. The van der Waals surface area contributed by atoms with Gasteiger partial charge >= 0.3 is 0 Å². The average molecular weight is 420 g/mol. The number of halogens is 2. The number of amides is 1. The van der Waals surface area contributed by atoms with E-state index >= 15 is 0 Å². The van der Waals surface area contributed by atoms with Crippen molar-refractivity contribution in [3.05, 3.63) is 35.6 Å². The van der Waals surface area contributed by atoms with Crippen molar-refractivity contribution in [2.24, 2.45) is 5.92 Å². The van der Waals surface area contributed by atoms with Crippen molar-refractivity contribution < 1.29 is 17.6 Å². The van der Waals surface area contributed by atoms with Crippen molar-refractivity contribution in [3.63, 3.8) is 0 Å².